The van der Waals surface area contributed by atoms with Gasteiger partial charge < -0.3 is 20.3 Å². The summed E-state index contributed by atoms with van der Waals surface area (Å²) in [6, 6.07) is 12.3. The lowest BCUT2D eigenvalue weighted by atomic mass is 10.2. The number of hydrogen-bond acceptors (Lipinski definition) is 4. The van der Waals surface area contributed by atoms with Crippen molar-refractivity contribution in [1.29, 1.82) is 0 Å². The molecule has 1 fully saturated rings. The molecule has 2 aromatic rings. The van der Waals surface area contributed by atoms with Gasteiger partial charge in [0.15, 0.2) is 5.96 Å². The van der Waals surface area contributed by atoms with Crippen LogP contribution in [0.25, 0.3) is 0 Å². The molecule has 0 bridgehead atoms. The van der Waals surface area contributed by atoms with E-state index in [0.717, 1.165) is 41.2 Å². The minimum absolute atomic E-state index is 0. The first-order valence-corrected chi connectivity index (χ1v) is 9.43. The second kappa shape index (κ2) is 11.1. The van der Waals surface area contributed by atoms with Crippen molar-refractivity contribution < 1.29 is 4.74 Å². The van der Waals surface area contributed by atoms with Gasteiger partial charge in [-0.25, -0.2) is 4.98 Å². The molecule has 28 heavy (non-hydrogen) atoms. The minimum atomic E-state index is 0. The lowest BCUT2D eigenvalue weighted by Crippen LogP contribution is -2.36. The molecule has 0 atom stereocenters. The molecule has 1 aromatic carbocycles. The van der Waals surface area contributed by atoms with Crippen molar-refractivity contribution in [3.05, 3.63) is 53.7 Å². The molecule has 0 aliphatic heterocycles. The van der Waals surface area contributed by atoms with Crippen LogP contribution in [-0.2, 0) is 13.1 Å². The Morgan fingerprint density at radius 2 is 1.93 bits per heavy atom. The summed E-state index contributed by atoms with van der Waals surface area (Å²) in [6.45, 7) is 2.17. The molecular formula is C21H30IN5O. The van der Waals surface area contributed by atoms with Crippen LogP contribution in [0.3, 0.4) is 0 Å². The number of anilines is 1. The van der Waals surface area contributed by atoms with Gasteiger partial charge in [0, 0.05) is 46.0 Å². The number of rotatable bonds is 8. The van der Waals surface area contributed by atoms with Crippen molar-refractivity contribution in [2.75, 3.05) is 32.6 Å². The molecule has 0 unspecified atom stereocenters. The number of benzene rings is 1. The van der Waals surface area contributed by atoms with E-state index in [1.54, 1.807) is 7.05 Å². The number of nitrogens with one attached hydrogen (secondary N) is 2. The van der Waals surface area contributed by atoms with Crippen LogP contribution in [0.2, 0.25) is 0 Å². The molecule has 3 rings (SSSR count). The summed E-state index contributed by atoms with van der Waals surface area (Å²) >= 11 is 0. The van der Waals surface area contributed by atoms with E-state index in [-0.39, 0.29) is 24.0 Å². The van der Waals surface area contributed by atoms with Crippen molar-refractivity contribution >= 4 is 35.8 Å². The zero-order chi connectivity index (χ0) is 19.1. The Bertz CT molecular complexity index is 777. The second-order valence-corrected chi connectivity index (χ2v) is 7.06. The molecule has 7 heteroatoms. The largest absolute Gasteiger partial charge is 0.493 e. The standard InChI is InChI=1S/C21H29N5O.HI/c1-22-21(24-13-17-10-11-23-20(12-17)26(2)3)25-14-18-6-4-5-7-19(18)27-15-16-8-9-16;/h4-7,10-12,16H,8-9,13-15H2,1-3H3,(H2,22,24,25);1H. The average molecular weight is 495 g/mol. The first kappa shape index (κ1) is 22.3. The lowest BCUT2D eigenvalue weighted by Gasteiger charge is -2.16. The van der Waals surface area contributed by atoms with E-state index >= 15 is 0 Å². The van der Waals surface area contributed by atoms with Crippen molar-refractivity contribution in [3.8, 4) is 5.75 Å². The monoisotopic (exact) mass is 495 g/mol. The zero-order valence-electron chi connectivity index (χ0n) is 16.8. The Hall–Kier alpha value is -2.03. The Labute approximate surface area is 184 Å². The Morgan fingerprint density at radius 3 is 2.64 bits per heavy atom. The van der Waals surface area contributed by atoms with Crippen LogP contribution < -0.4 is 20.3 Å². The van der Waals surface area contributed by atoms with E-state index in [4.69, 9.17) is 4.74 Å². The van der Waals surface area contributed by atoms with Crippen LogP contribution in [0.4, 0.5) is 5.82 Å². The SMILES string of the molecule is CN=C(NCc1ccnc(N(C)C)c1)NCc1ccccc1OCC1CC1.I. The maximum atomic E-state index is 5.98. The van der Waals surface area contributed by atoms with E-state index in [9.17, 15) is 0 Å². The molecule has 0 radical (unpaired) electrons. The van der Waals surface area contributed by atoms with Gasteiger partial charge in [0.2, 0.25) is 0 Å². The van der Waals surface area contributed by atoms with Crippen LogP contribution in [0.5, 0.6) is 5.75 Å². The molecule has 2 N–H and O–H groups in total. The molecule has 1 aliphatic carbocycles. The van der Waals surface area contributed by atoms with Gasteiger partial charge in [-0.15, -0.1) is 24.0 Å². The molecule has 0 spiro atoms. The number of aromatic nitrogens is 1. The number of guanidine groups is 1. The van der Waals surface area contributed by atoms with Crippen LogP contribution >= 0.6 is 24.0 Å². The van der Waals surface area contributed by atoms with Crippen molar-refractivity contribution in [3.63, 3.8) is 0 Å². The first-order chi connectivity index (χ1) is 13.2. The zero-order valence-corrected chi connectivity index (χ0v) is 19.1. The number of nitrogens with zero attached hydrogens (tertiary/aromatic N) is 3. The molecule has 152 valence electrons. The Kier molecular flexibility index (Phi) is 8.82. The number of ether oxygens (including phenoxy) is 1. The topological polar surface area (TPSA) is 61.8 Å². The van der Waals surface area contributed by atoms with Crippen molar-refractivity contribution in [2.24, 2.45) is 10.9 Å². The van der Waals surface area contributed by atoms with Crippen LogP contribution in [0, 0.1) is 5.92 Å². The number of para-hydroxylation sites is 1. The van der Waals surface area contributed by atoms with Gasteiger partial charge in [0.05, 0.1) is 6.61 Å². The van der Waals surface area contributed by atoms with Gasteiger partial charge in [-0.2, -0.15) is 0 Å². The van der Waals surface area contributed by atoms with Crippen molar-refractivity contribution in [1.82, 2.24) is 15.6 Å². The van der Waals surface area contributed by atoms with E-state index in [2.05, 4.69) is 32.7 Å². The van der Waals surface area contributed by atoms with Crippen LogP contribution in [-0.4, -0.2) is 38.7 Å². The summed E-state index contributed by atoms with van der Waals surface area (Å²) in [5, 5.41) is 6.72. The number of hydrogen-bond donors (Lipinski definition) is 2. The highest BCUT2D eigenvalue weighted by molar-refractivity contribution is 14.0. The third kappa shape index (κ3) is 6.85. The minimum Gasteiger partial charge on any atom is -0.493 e. The Morgan fingerprint density at radius 1 is 1.18 bits per heavy atom. The summed E-state index contributed by atoms with van der Waals surface area (Å²) in [5.41, 5.74) is 2.30. The maximum absolute atomic E-state index is 5.98. The highest BCUT2D eigenvalue weighted by Gasteiger charge is 2.22. The van der Waals surface area contributed by atoms with Crippen LogP contribution in [0.1, 0.15) is 24.0 Å². The smallest absolute Gasteiger partial charge is 0.191 e. The van der Waals surface area contributed by atoms with Gasteiger partial charge in [-0.3, -0.25) is 4.99 Å². The molecule has 0 amide bonds. The quantitative estimate of drug-likeness (QED) is 0.334. The van der Waals surface area contributed by atoms with Gasteiger partial charge in [-0.1, -0.05) is 18.2 Å². The number of pyridine rings is 1. The first-order valence-electron chi connectivity index (χ1n) is 9.43. The van der Waals surface area contributed by atoms with Gasteiger partial charge >= 0.3 is 0 Å². The summed E-state index contributed by atoms with van der Waals surface area (Å²) in [6.07, 6.45) is 4.42. The lowest BCUT2D eigenvalue weighted by molar-refractivity contribution is 0.296. The fourth-order valence-electron chi connectivity index (χ4n) is 2.68. The molecule has 1 saturated carbocycles. The fourth-order valence-corrected chi connectivity index (χ4v) is 2.68. The third-order valence-corrected chi connectivity index (χ3v) is 4.54. The predicted molar refractivity (Wildman–Crippen MR) is 126 cm³/mol. The predicted octanol–water partition coefficient (Wildman–Crippen LogP) is 3.42. The molecule has 6 nitrogen and oxygen atoms in total. The normalized spacial score (nSPS) is 13.5. The summed E-state index contributed by atoms with van der Waals surface area (Å²) in [7, 11) is 5.76. The molecule has 1 aliphatic rings. The number of halogens is 1. The summed E-state index contributed by atoms with van der Waals surface area (Å²) in [5.74, 6) is 3.40. The molecule has 0 saturated heterocycles. The molecule has 1 aromatic heterocycles. The van der Waals surface area contributed by atoms with Gasteiger partial charge in [-0.05, 0) is 42.5 Å². The molecular weight excluding hydrogens is 465 g/mol. The van der Waals surface area contributed by atoms with Gasteiger partial charge in [0.25, 0.3) is 0 Å². The molecule has 1 heterocycles. The fraction of sp³-hybridized carbons (Fsp3) is 0.429. The van der Waals surface area contributed by atoms with E-state index in [1.165, 1.54) is 12.8 Å². The number of aliphatic imine (C=N–C) groups is 1. The van der Waals surface area contributed by atoms with E-state index in [0.29, 0.717) is 13.1 Å². The average Bonchev–Trinajstić information content (AvgIpc) is 3.52. The van der Waals surface area contributed by atoms with E-state index in [1.807, 2.05) is 49.5 Å². The second-order valence-electron chi connectivity index (χ2n) is 7.06. The van der Waals surface area contributed by atoms with Gasteiger partial charge in [0.1, 0.15) is 11.6 Å². The van der Waals surface area contributed by atoms with E-state index < -0.39 is 0 Å². The highest BCUT2D eigenvalue weighted by Crippen LogP contribution is 2.30. The van der Waals surface area contributed by atoms with Crippen LogP contribution in [0.15, 0.2) is 47.6 Å². The third-order valence-electron chi connectivity index (χ3n) is 4.54. The summed E-state index contributed by atoms with van der Waals surface area (Å²) in [4.78, 5) is 10.7. The summed E-state index contributed by atoms with van der Waals surface area (Å²) < 4.78 is 5.98. The Balaban J connectivity index is 0.00000280. The highest BCUT2D eigenvalue weighted by atomic mass is 127. The van der Waals surface area contributed by atoms with Crippen molar-refractivity contribution in [2.45, 2.75) is 25.9 Å². The maximum Gasteiger partial charge on any atom is 0.191 e.